The molecule has 0 amide bonds. The first-order valence-electron chi connectivity index (χ1n) is 8.81. The number of aromatic nitrogens is 2. The van der Waals surface area contributed by atoms with E-state index in [0.717, 1.165) is 34.2 Å². The number of carboxylic acids is 1. The fraction of sp³-hybridized carbons (Fsp3) is 0.350. The normalized spacial score (nSPS) is 12.3. The zero-order valence-corrected chi connectivity index (χ0v) is 16.1. The number of aryl methyl sites for hydroxylation is 2. The van der Waals surface area contributed by atoms with Gasteiger partial charge in [-0.3, -0.25) is 0 Å². The largest absolute Gasteiger partial charge is 0.480 e. The van der Waals surface area contributed by atoms with Gasteiger partial charge >= 0.3 is 5.97 Å². The smallest absolute Gasteiger partial charge is 0.326 e. The Hall–Kier alpha value is -2.47. The summed E-state index contributed by atoms with van der Waals surface area (Å²) in [6, 6.07) is 7.64. The lowest BCUT2D eigenvalue weighted by Crippen LogP contribution is -2.29. The van der Waals surface area contributed by atoms with E-state index >= 15 is 0 Å². The summed E-state index contributed by atoms with van der Waals surface area (Å²) in [5, 5.41) is 15.7. The van der Waals surface area contributed by atoms with Gasteiger partial charge in [0.25, 0.3) is 0 Å². The predicted octanol–water partition coefficient (Wildman–Crippen LogP) is 5.03. The molecule has 0 fully saturated rings. The molecular weight excluding hydrogens is 346 g/mol. The molecule has 5 nitrogen and oxygen atoms in total. The van der Waals surface area contributed by atoms with Gasteiger partial charge in [0.05, 0.1) is 5.39 Å². The number of anilines is 1. The van der Waals surface area contributed by atoms with Gasteiger partial charge in [-0.05, 0) is 25.8 Å². The summed E-state index contributed by atoms with van der Waals surface area (Å²) in [4.78, 5) is 21.6. The molecule has 0 saturated carbocycles. The van der Waals surface area contributed by atoms with Crippen LogP contribution in [0.5, 0.6) is 0 Å². The number of nitrogens with zero attached hydrogens (tertiary/aromatic N) is 2. The van der Waals surface area contributed by atoms with Gasteiger partial charge in [-0.2, -0.15) is 0 Å². The summed E-state index contributed by atoms with van der Waals surface area (Å²) in [7, 11) is 0. The Morgan fingerprint density at radius 1 is 1.23 bits per heavy atom. The van der Waals surface area contributed by atoms with Crippen LogP contribution in [0.3, 0.4) is 0 Å². The summed E-state index contributed by atoms with van der Waals surface area (Å²) in [5.74, 6) is 0.389. The second-order valence-corrected chi connectivity index (χ2v) is 7.35. The van der Waals surface area contributed by atoms with Crippen LogP contribution in [-0.2, 0) is 4.79 Å². The molecule has 2 heterocycles. The number of unbranched alkanes of at least 4 members (excludes halogenated alkanes) is 1. The highest BCUT2D eigenvalue weighted by atomic mass is 32.1. The number of aliphatic carboxylic acids is 1. The average molecular weight is 369 g/mol. The zero-order chi connectivity index (χ0) is 18.7. The van der Waals surface area contributed by atoms with Crippen molar-refractivity contribution in [2.24, 2.45) is 0 Å². The maximum absolute atomic E-state index is 11.7. The van der Waals surface area contributed by atoms with Crippen LogP contribution in [0.2, 0.25) is 0 Å². The number of benzene rings is 1. The molecule has 0 bridgehead atoms. The predicted molar refractivity (Wildman–Crippen MR) is 107 cm³/mol. The molecule has 26 heavy (non-hydrogen) atoms. The molecule has 136 valence electrons. The Balaban J connectivity index is 2.07. The van der Waals surface area contributed by atoms with E-state index in [2.05, 4.69) is 58.8 Å². The minimum absolute atomic E-state index is 0.570. The van der Waals surface area contributed by atoms with Gasteiger partial charge in [-0.25, -0.2) is 14.8 Å². The molecule has 0 aliphatic heterocycles. The van der Waals surface area contributed by atoms with Crippen LogP contribution in [0.4, 0.5) is 5.82 Å². The SMILES string of the molecule is CCCCC(Nc1nc(C)nc2scc(-c3ccc(C)cc3)c12)C(=O)O. The monoisotopic (exact) mass is 369 g/mol. The van der Waals surface area contributed by atoms with Crippen molar-refractivity contribution in [3.63, 3.8) is 0 Å². The minimum atomic E-state index is -0.852. The van der Waals surface area contributed by atoms with E-state index in [-0.39, 0.29) is 0 Å². The molecule has 2 aromatic heterocycles. The van der Waals surface area contributed by atoms with E-state index in [1.807, 2.05) is 6.92 Å². The van der Waals surface area contributed by atoms with Gasteiger partial charge < -0.3 is 10.4 Å². The van der Waals surface area contributed by atoms with E-state index < -0.39 is 12.0 Å². The topological polar surface area (TPSA) is 75.1 Å². The van der Waals surface area contributed by atoms with Crippen LogP contribution in [-0.4, -0.2) is 27.1 Å². The molecule has 0 spiro atoms. The van der Waals surface area contributed by atoms with E-state index in [1.165, 1.54) is 5.56 Å². The number of carboxylic acid groups (broad SMARTS) is 1. The lowest BCUT2D eigenvalue weighted by molar-refractivity contribution is -0.138. The Labute approximate surface area is 157 Å². The highest BCUT2D eigenvalue weighted by Crippen LogP contribution is 2.37. The van der Waals surface area contributed by atoms with Gasteiger partial charge in [0.15, 0.2) is 0 Å². The number of thiophene rings is 1. The average Bonchev–Trinajstić information content (AvgIpc) is 3.02. The van der Waals surface area contributed by atoms with Crippen LogP contribution in [0.15, 0.2) is 29.6 Å². The zero-order valence-electron chi connectivity index (χ0n) is 15.2. The molecule has 3 aromatic rings. The third-order valence-corrected chi connectivity index (χ3v) is 5.24. The fourth-order valence-corrected chi connectivity index (χ4v) is 3.92. The highest BCUT2D eigenvalue weighted by Gasteiger charge is 2.21. The molecule has 1 aromatic carbocycles. The minimum Gasteiger partial charge on any atom is -0.480 e. The van der Waals surface area contributed by atoms with Gasteiger partial charge in [-0.1, -0.05) is 49.6 Å². The van der Waals surface area contributed by atoms with Crippen LogP contribution in [0, 0.1) is 13.8 Å². The van der Waals surface area contributed by atoms with Crippen molar-refractivity contribution >= 4 is 33.3 Å². The van der Waals surface area contributed by atoms with Gasteiger partial charge in [0.2, 0.25) is 0 Å². The first-order chi connectivity index (χ1) is 12.5. The summed E-state index contributed by atoms with van der Waals surface area (Å²) in [6.45, 7) is 5.94. The Morgan fingerprint density at radius 2 is 1.96 bits per heavy atom. The van der Waals surface area contributed by atoms with Crippen molar-refractivity contribution < 1.29 is 9.90 Å². The summed E-state index contributed by atoms with van der Waals surface area (Å²) in [6.07, 6.45) is 2.38. The second-order valence-electron chi connectivity index (χ2n) is 6.49. The first-order valence-corrected chi connectivity index (χ1v) is 9.69. The maximum Gasteiger partial charge on any atom is 0.326 e. The Kier molecular flexibility index (Phi) is 5.52. The molecule has 1 atom stereocenters. The third kappa shape index (κ3) is 3.85. The Morgan fingerprint density at radius 3 is 2.62 bits per heavy atom. The molecule has 0 aliphatic carbocycles. The third-order valence-electron chi connectivity index (χ3n) is 4.36. The highest BCUT2D eigenvalue weighted by molar-refractivity contribution is 7.17. The second kappa shape index (κ2) is 7.83. The Bertz CT molecular complexity index is 919. The van der Waals surface area contributed by atoms with Gasteiger partial charge in [0, 0.05) is 10.9 Å². The molecule has 2 N–H and O–H groups in total. The number of hydrogen-bond donors (Lipinski definition) is 2. The quantitative estimate of drug-likeness (QED) is 0.611. The number of fused-ring (bicyclic) bond motifs is 1. The number of rotatable bonds is 7. The lowest BCUT2D eigenvalue weighted by Gasteiger charge is -2.16. The van der Waals surface area contributed by atoms with Gasteiger partial charge in [0.1, 0.15) is 22.5 Å². The molecular formula is C20H23N3O2S. The van der Waals surface area contributed by atoms with Crippen LogP contribution >= 0.6 is 11.3 Å². The number of nitrogens with one attached hydrogen (secondary N) is 1. The van der Waals surface area contributed by atoms with Crippen molar-refractivity contribution in [1.29, 1.82) is 0 Å². The maximum atomic E-state index is 11.7. The van der Waals surface area contributed by atoms with Crippen molar-refractivity contribution in [2.45, 2.75) is 46.1 Å². The molecule has 6 heteroatoms. The van der Waals surface area contributed by atoms with Crippen LogP contribution in [0.25, 0.3) is 21.3 Å². The van der Waals surface area contributed by atoms with Crippen molar-refractivity contribution in [1.82, 2.24) is 9.97 Å². The standard InChI is InChI=1S/C20H23N3O2S/c1-4-5-6-16(20(24)25)23-18-17-15(14-9-7-12(2)8-10-14)11-26-19(17)22-13(3)21-18/h7-11,16H,4-6H2,1-3H3,(H,24,25)(H,21,22,23). The molecule has 0 saturated heterocycles. The number of hydrogen-bond acceptors (Lipinski definition) is 5. The molecule has 1 unspecified atom stereocenters. The lowest BCUT2D eigenvalue weighted by atomic mass is 10.0. The van der Waals surface area contributed by atoms with E-state index in [9.17, 15) is 9.90 Å². The first kappa shape index (κ1) is 18.3. The van der Waals surface area contributed by atoms with Crippen molar-refractivity contribution in [3.8, 4) is 11.1 Å². The molecule has 3 rings (SSSR count). The molecule has 0 radical (unpaired) electrons. The van der Waals surface area contributed by atoms with E-state index in [0.29, 0.717) is 18.1 Å². The van der Waals surface area contributed by atoms with Crippen molar-refractivity contribution in [2.75, 3.05) is 5.32 Å². The summed E-state index contributed by atoms with van der Waals surface area (Å²) < 4.78 is 0. The van der Waals surface area contributed by atoms with Crippen LogP contribution in [0.1, 0.15) is 37.6 Å². The summed E-state index contributed by atoms with van der Waals surface area (Å²) in [5.41, 5.74) is 3.31. The number of carbonyl (C=O) groups is 1. The van der Waals surface area contributed by atoms with E-state index in [1.54, 1.807) is 11.3 Å². The fourth-order valence-electron chi connectivity index (χ4n) is 2.93. The van der Waals surface area contributed by atoms with Crippen LogP contribution < -0.4 is 5.32 Å². The summed E-state index contributed by atoms with van der Waals surface area (Å²) >= 11 is 1.56. The van der Waals surface area contributed by atoms with Gasteiger partial charge in [-0.15, -0.1) is 11.3 Å². The molecule has 0 aliphatic rings. The van der Waals surface area contributed by atoms with E-state index in [4.69, 9.17) is 0 Å². The van der Waals surface area contributed by atoms with Crippen molar-refractivity contribution in [3.05, 3.63) is 41.0 Å².